The number of halogens is 1. The Morgan fingerprint density at radius 2 is 1.94 bits per heavy atom. The molecule has 5 heteroatoms. The summed E-state index contributed by atoms with van der Waals surface area (Å²) in [7, 11) is 2.09. The van der Waals surface area contributed by atoms with Crippen molar-refractivity contribution in [3.05, 3.63) is 28.8 Å². The predicted molar refractivity (Wildman–Crippen MR) is 73.8 cm³/mol. The van der Waals surface area contributed by atoms with Crippen LogP contribution in [0.5, 0.6) is 0 Å². The Morgan fingerprint density at radius 1 is 1.28 bits per heavy atom. The van der Waals surface area contributed by atoms with Gasteiger partial charge in [0.15, 0.2) is 0 Å². The third kappa shape index (κ3) is 2.83. The van der Waals surface area contributed by atoms with E-state index in [0.29, 0.717) is 5.02 Å². The number of nitrogens with zero attached hydrogens (tertiary/aromatic N) is 3. The molecule has 1 amide bonds. The standard InChI is InChI=1S/C13H18ClN3O/c1-11-3-4-12(9-13(11)14)17(10-18)16-7-5-15(2)6-8-16/h3-4,9-10H,5-8H2,1-2H3. The fourth-order valence-corrected chi connectivity index (χ4v) is 2.20. The zero-order valence-corrected chi connectivity index (χ0v) is 11.5. The van der Waals surface area contributed by atoms with Gasteiger partial charge in [0.2, 0.25) is 6.41 Å². The van der Waals surface area contributed by atoms with Crippen molar-refractivity contribution in [2.75, 3.05) is 38.2 Å². The number of hydrogen-bond acceptors (Lipinski definition) is 3. The second-order valence-electron chi connectivity index (χ2n) is 4.64. The molecule has 0 spiro atoms. The lowest BCUT2D eigenvalue weighted by atomic mass is 10.2. The molecule has 1 aliphatic heterocycles. The van der Waals surface area contributed by atoms with Gasteiger partial charge in [0.25, 0.3) is 0 Å². The third-order valence-electron chi connectivity index (χ3n) is 3.30. The fraction of sp³-hybridized carbons (Fsp3) is 0.462. The summed E-state index contributed by atoms with van der Waals surface area (Å²) in [6.07, 6.45) is 0.853. The lowest BCUT2D eigenvalue weighted by molar-refractivity contribution is -0.110. The van der Waals surface area contributed by atoms with Crippen LogP contribution in [-0.4, -0.2) is 49.5 Å². The highest BCUT2D eigenvalue weighted by molar-refractivity contribution is 6.31. The Bertz CT molecular complexity index is 430. The number of carbonyl (C=O) groups excluding carboxylic acids is 1. The second kappa shape index (κ2) is 5.69. The molecule has 18 heavy (non-hydrogen) atoms. The quantitative estimate of drug-likeness (QED) is 0.781. The summed E-state index contributed by atoms with van der Waals surface area (Å²) < 4.78 is 0. The van der Waals surface area contributed by atoms with Crippen LogP contribution in [0, 0.1) is 6.92 Å². The topological polar surface area (TPSA) is 26.8 Å². The second-order valence-corrected chi connectivity index (χ2v) is 5.05. The van der Waals surface area contributed by atoms with E-state index in [4.69, 9.17) is 11.6 Å². The summed E-state index contributed by atoms with van der Waals surface area (Å²) in [5.74, 6) is 0. The molecule has 0 N–H and O–H groups in total. The van der Waals surface area contributed by atoms with Crippen LogP contribution >= 0.6 is 11.6 Å². The summed E-state index contributed by atoms with van der Waals surface area (Å²) in [5, 5.41) is 4.39. The molecule has 1 aromatic carbocycles. The van der Waals surface area contributed by atoms with Gasteiger partial charge in [-0.15, -0.1) is 0 Å². The van der Waals surface area contributed by atoms with Crippen molar-refractivity contribution in [1.29, 1.82) is 0 Å². The van der Waals surface area contributed by atoms with E-state index in [1.165, 1.54) is 0 Å². The van der Waals surface area contributed by atoms with E-state index in [1.807, 2.05) is 30.1 Å². The molecule has 0 unspecified atom stereocenters. The summed E-state index contributed by atoms with van der Waals surface area (Å²) >= 11 is 6.11. The molecular formula is C13H18ClN3O. The summed E-state index contributed by atoms with van der Waals surface area (Å²) in [6, 6.07) is 5.70. The number of amides is 1. The Balaban J connectivity index is 2.17. The number of aryl methyl sites for hydroxylation is 1. The predicted octanol–water partition coefficient (Wildman–Crippen LogP) is 1.77. The van der Waals surface area contributed by atoms with E-state index < -0.39 is 0 Å². The Labute approximate surface area is 113 Å². The van der Waals surface area contributed by atoms with Gasteiger partial charge in [-0.3, -0.25) is 4.79 Å². The summed E-state index contributed by atoms with van der Waals surface area (Å²) in [5.41, 5.74) is 1.84. The molecule has 1 fully saturated rings. The lowest BCUT2D eigenvalue weighted by Crippen LogP contribution is -2.52. The van der Waals surface area contributed by atoms with E-state index in [0.717, 1.165) is 43.8 Å². The van der Waals surface area contributed by atoms with Gasteiger partial charge >= 0.3 is 0 Å². The van der Waals surface area contributed by atoms with Gasteiger partial charge in [-0.1, -0.05) is 17.7 Å². The average molecular weight is 268 g/mol. The fourth-order valence-electron chi connectivity index (χ4n) is 2.03. The normalized spacial score (nSPS) is 17.7. The molecule has 1 heterocycles. The number of anilines is 1. The number of piperazine rings is 1. The van der Waals surface area contributed by atoms with Crippen LogP contribution in [0.25, 0.3) is 0 Å². The SMILES string of the molecule is Cc1ccc(N(C=O)N2CCN(C)CC2)cc1Cl. The highest BCUT2D eigenvalue weighted by atomic mass is 35.5. The maximum atomic E-state index is 11.3. The molecule has 4 nitrogen and oxygen atoms in total. The molecular weight excluding hydrogens is 250 g/mol. The molecule has 1 aliphatic rings. The minimum absolute atomic E-state index is 0.688. The van der Waals surface area contributed by atoms with Crippen LogP contribution in [0.4, 0.5) is 5.69 Å². The molecule has 1 aromatic rings. The first-order chi connectivity index (χ1) is 8.61. The van der Waals surface area contributed by atoms with Crippen LogP contribution in [0.15, 0.2) is 18.2 Å². The van der Waals surface area contributed by atoms with Gasteiger partial charge in [-0.05, 0) is 31.7 Å². The first-order valence-electron chi connectivity index (χ1n) is 6.06. The van der Waals surface area contributed by atoms with E-state index in [1.54, 1.807) is 5.01 Å². The molecule has 0 atom stereocenters. The van der Waals surface area contributed by atoms with Crippen molar-refractivity contribution in [1.82, 2.24) is 9.91 Å². The maximum absolute atomic E-state index is 11.3. The highest BCUT2D eigenvalue weighted by Gasteiger charge is 2.20. The number of hydrogen-bond donors (Lipinski definition) is 0. The van der Waals surface area contributed by atoms with E-state index in [2.05, 4.69) is 11.9 Å². The summed E-state index contributed by atoms with van der Waals surface area (Å²) in [4.78, 5) is 13.6. The minimum Gasteiger partial charge on any atom is -0.304 e. The van der Waals surface area contributed by atoms with E-state index >= 15 is 0 Å². The number of likely N-dealkylation sites (N-methyl/N-ethyl adjacent to an activating group) is 1. The molecule has 0 saturated carbocycles. The highest BCUT2D eigenvalue weighted by Crippen LogP contribution is 2.23. The van der Waals surface area contributed by atoms with Crippen molar-refractivity contribution >= 4 is 23.7 Å². The van der Waals surface area contributed by atoms with Crippen LogP contribution in [0.2, 0.25) is 5.02 Å². The van der Waals surface area contributed by atoms with Crippen LogP contribution in [-0.2, 0) is 4.79 Å². The molecule has 2 rings (SSSR count). The van der Waals surface area contributed by atoms with Crippen molar-refractivity contribution < 1.29 is 4.79 Å². The van der Waals surface area contributed by atoms with Crippen molar-refractivity contribution in [2.24, 2.45) is 0 Å². The third-order valence-corrected chi connectivity index (χ3v) is 3.71. The van der Waals surface area contributed by atoms with Gasteiger partial charge in [-0.25, -0.2) is 10.0 Å². The van der Waals surface area contributed by atoms with Crippen molar-refractivity contribution in [3.8, 4) is 0 Å². The van der Waals surface area contributed by atoms with Gasteiger partial charge < -0.3 is 4.90 Å². The Kier molecular flexibility index (Phi) is 4.22. The van der Waals surface area contributed by atoms with Gasteiger partial charge in [-0.2, -0.15) is 0 Å². The largest absolute Gasteiger partial charge is 0.304 e. The van der Waals surface area contributed by atoms with Gasteiger partial charge in [0.1, 0.15) is 0 Å². The van der Waals surface area contributed by atoms with Gasteiger partial charge in [0.05, 0.1) is 5.69 Å². The van der Waals surface area contributed by atoms with Crippen molar-refractivity contribution in [3.63, 3.8) is 0 Å². The number of rotatable bonds is 3. The molecule has 1 saturated heterocycles. The number of benzene rings is 1. The first-order valence-corrected chi connectivity index (χ1v) is 6.43. The van der Waals surface area contributed by atoms with Gasteiger partial charge in [0, 0.05) is 31.2 Å². The maximum Gasteiger partial charge on any atom is 0.228 e. The Morgan fingerprint density at radius 3 is 2.50 bits per heavy atom. The minimum atomic E-state index is 0.688. The molecule has 98 valence electrons. The van der Waals surface area contributed by atoms with Crippen molar-refractivity contribution in [2.45, 2.75) is 6.92 Å². The molecule has 0 aromatic heterocycles. The van der Waals surface area contributed by atoms with Crippen LogP contribution < -0.4 is 5.01 Å². The monoisotopic (exact) mass is 267 g/mol. The smallest absolute Gasteiger partial charge is 0.228 e. The van der Waals surface area contributed by atoms with Crippen LogP contribution in [0.1, 0.15) is 5.56 Å². The first kappa shape index (κ1) is 13.3. The Hall–Kier alpha value is -1.10. The summed E-state index contributed by atoms with van der Waals surface area (Å²) in [6.45, 7) is 5.57. The number of hydrazine groups is 1. The lowest BCUT2D eigenvalue weighted by Gasteiger charge is -2.38. The average Bonchev–Trinajstić information content (AvgIpc) is 2.37. The van der Waals surface area contributed by atoms with E-state index in [9.17, 15) is 4.79 Å². The van der Waals surface area contributed by atoms with E-state index in [-0.39, 0.29) is 0 Å². The molecule has 0 radical (unpaired) electrons. The molecule has 0 aliphatic carbocycles. The molecule has 0 bridgehead atoms. The zero-order valence-electron chi connectivity index (χ0n) is 10.8. The zero-order chi connectivity index (χ0) is 13.1. The van der Waals surface area contributed by atoms with Crippen LogP contribution in [0.3, 0.4) is 0 Å². The number of carbonyl (C=O) groups is 1.